The van der Waals surface area contributed by atoms with Crippen molar-refractivity contribution in [2.24, 2.45) is 10.7 Å². The number of nitrogens with two attached hydrogens (primary N) is 1. The summed E-state index contributed by atoms with van der Waals surface area (Å²) >= 11 is 0. The zero-order valence-corrected chi connectivity index (χ0v) is 24.1. The van der Waals surface area contributed by atoms with E-state index in [4.69, 9.17) is 10.5 Å². The maximum absolute atomic E-state index is 13.1. The van der Waals surface area contributed by atoms with Crippen LogP contribution in [-0.4, -0.2) is 53.4 Å². The van der Waals surface area contributed by atoms with Crippen LogP contribution in [0.5, 0.6) is 0 Å². The van der Waals surface area contributed by atoms with Crippen LogP contribution in [-0.2, 0) is 22.5 Å². The van der Waals surface area contributed by atoms with Gasteiger partial charge in [0, 0.05) is 60.6 Å². The Morgan fingerprint density at radius 2 is 1.74 bits per heavy atom. The molecule has 2 amide bonds. The number of aliphatic imine (C=N–C) groups is 1. The smallest absolute Gasteiger partial charge is 0.436 e. The highest BCUT2D eigenvalue weighted by Gasteiger charge is 2.23. The standard InChI is InChI=1S/C32H37N5O5/c1-32(2,3)42-31(41)36-29(33)22-11-13-25(14-12-22)35-30(40)23-9-10-24-19-37(16-15-21-7-5-4-6-8-21)20-26(18-28(38)39)34-27(24)17-23/h4-14,17,26,34H,15-16,18-20H2,1-3H3,(H,35,40)(H,38,39)(H2,33,36,41)/p-1. The Balaban J connectivity index is 1.44. The number of ether oxygens (including phenoxy) is 1. The minimum Gasteiger partial charge on any atom is -0.550 e. The Labute approximate surface area is 245 Å². The van der Waals surface area contributed by atoms with Crippen LogP contribution in [0.3, 0.4) is 0 Å². The van der Waals surface area contributed by atoms with Crippen molar-refractivity contribution in [2.45, 2.75) is 51.8 Å². The summed E-state index contributed by atoms with van der Waals surface area (Å²) in [4.78, 5) is 42.5. The van der Waals surface area contributed by atoms with Crippen LogP contribution in [0.25, 0.3) is 0 Å². The predicted octanol–water partition coefficient (Wildman–Crippen LogP) is 3.56. The molecule has 0 saturated heterocycles. The second-order valence-corrected chi connectivity index (χ2v) is 11.3. The molecular weight excluding hydrogens is 534 g/mol. The molecule has 4 rings (SSSR count). The van der Waals surface area contributed by atoms with E-state index in [1.807, 2.05) is 24.3 Å². The number of hydrogen-bond donors (Lipinski definition) is 3. The van der Waals surface area contributed by atoms with Crippen molar-refractivity contribution in [3.63, 3.8) is 0 Å². The SMILES string of the molecule is CC(C)(C)OC(=O)/N=C(\N)c1ccc(NC(=O)c2ccc3c(c2)NC(CC(=O)[O-])CN(CCc2ccccc2)C3)cc1. The number of anilines is 2. The Bertz CT molecular complexity index is 1450. The first-order chi connectivity index (χ1) is 19.9. The van der Waals surface area contributed by atoms with E-state index in [-0.39, 0.29) is 24.2 Å². The first kappa shape index (κ1) is 30.3. The number of aliphatic carboxylic acids is 1. The van der Waals surface area contributed by atoms with Gasteiger partial charge in [-0.1, -0.05) is 36.4 Å². The molecule has 1 atom stereocenters. The molecule has 0 fully saturated rings. The van der Waals surface area contributed by atoms with Gasteiger partial charge in [0.2, 0.25) is 0 Å². The van der Waals surface area contributed by atoms with E-state index in [0.29, 0.717) is 29.9 Å². The van der Waals surface area contributed by atoms with E-state index in [1.165, 1.54) is 5.56 Å². The highest BCUT2D eigenvalue weighted by atomic mass is 16.6. The summed E-state index contributed by atoms with van der Waals surface area (Å²) in [6.07, 6.45) is -0.0912. The van der Waals surface area contributed by atoms with Crippen molar-refractivity contribution in [1.29, 1.82) is 0 Å². The average Bonchev–Trinajstić information content (AvgIpc) is 3.09. The molecule has 0 bridgehead atoms. The number of nitrogens with zero attached hydrogens (tertiary/aromatic N) is 2. The van der Waals surface area contributed by atoms with Crippen LogP contribution in [0, 0.1) is 0 Å². The van der Waals surface area contributed by atoms with Gasteiger partial charge in [-0.15, -0.1) is 0 Å². The molecular formula is C32H36N5O5-. The Hall–Kier alpha value is -4.70. The molecule has 4 N–H and O–H groups in total. The van der Waals surface area contributed by atoms with Gasteiger partial charge in [0.15, 0.2) is 0 Å². The van der Waals surface area contributed by atoms with Crippen molar-refractivity contribution in [3.05, 3.63) is 95.1 Å². The molecule has 1 heterocycles. The largest absolute Gasteiger partial charge is 0.550 e. The Morgan fingerprint density at radius 3 is 2.40 bits per heavy atom. The highest BCUT2D eigenvalue weighted by molar-refractivity contribution is 6.06. The highest BCUT2D eigenvalue weighted by Crippen LogP contribution is 2.26. The van der Waals surface area contributed by atoms with Gasteiger partial charge in [-0.3, -0.25) is 9.69 Å². The Kier molecular flexibility index (Phi) is 9.59. The molecule has 1 aliphatic rings. The van der Waals surface area contributed by atoms with Crippen molar-refractivity contribution < 1.29 is 24.2 Å². The minimum absolute atomic E-state index is 0.00267. The van der Waals surface area contributed by atoms with E-state index in [0.717, 1.165) is 24.2 Å². The number of carboxylic acids is 1. The minimum atomic E-state index is -1.13. The molecule has 0 saturated carbocycles. The fourth-order valence-corrected chi connectivity index (χ4v) is 4.67. The van der Waals surface area contributed by atoms with E-state index in [9.17, 15) is 19.5 Å². The molecule has 0 radical (unpaired) electrons. The van der Waals surface area contributed by atoms with Crippen LogP contribution in [0.2, 0.25) is 0 Å². The van der Waals surface area contributed by atoms with Gasteiger partial charge >= 0.3 is 6.09 Å². The number of hydrogen-bond acceptors (Lipinski definition) is 7. The lowest BCUT2D eigenvalue weighted by Crippen LogP contribution is -2.39. The molecule has 42 heavy (non-hydrogen) atoms. The summed E-state index contributed by atoms with van der Waals surface area (Å²) in [5, 5.41) is 17.6. The van der Waals surface area contributed by atoms with Gasteiger partial charge in [-0.25, -0.2) is 4.79 Å². The molecule has 0 aliphatic carbocycles. The lowest BCUT2D eigenvalue weighted by molar-refractivity contribution is -0.306. The van der Waals surface area contributed by atoms with Crippen LogP contribution >= 0.6 is 0 Å². The third-order valence-corrected chi connectivity index (χ3v) is 6.62. The second-order valence-electron chi connectivity index (χ2n) is 11.3. The van der Waals surface area contributed by atoms with Crippen molar-refractivity contribution in [3.8, 4) is 0 Å². The summed E-state index contributed by atoms with van der Waals surface area (Å²) < 4.78 is 5.16. The summed E-state index contributed by atoms with van der Waals surface area (Å²) in [6.45, 7) is 7.13. The molecule has 3 aromatic rings. The normalized spacial score (nSPS) is 15.6. The van der Waals surface area contributed by atoms with Crippen LogP contribution in [0.4, 0.5) is 16.2 Å². The lowest BCUT2D eigenvalue weighted by atomic mass is 10.1. The predicted molar refractivity (Wildman–Crippen MR) is 160 cm³/mol. The van der Waals surface area contributed by atoms with Crippen molar-refractivity contribution in [2.75, 3.05) is 23.7 Å². The number of amidine groups is 1. The van der Waals surface area contributed by atoms with Gasteiger partial charge in [0.1, 0.15) is 11.4 Å². The van der Waals surface area contributed by atoms with Gasteiger partial charge in [-0.2, -0.15) is 4.99 Å². The van der Waals surface area contributed by atoms with E-state index >= 15 is 0 Å². The number of carbonyl (C=O) groups is 3. The molecule has 1 unspecified atom stereocenters. The number of carboxylic acid groups (broad SMARTS) is 1. The van der Waals surface area contributed by atoms with Crippen LogP contribution in [0.1, 0.15) is 54.2 Å². The van der Waals surface area contributed by atoms with Gasteiger partial charge < -0.3 is 31.0 Å². The third-order valence-electron chi connectivity index (χ3n) is 6.62. The number of benzene rings is 3. The van der Waals surface area contributed by atoms with Crippen molar-refractivity contribution in [1.82, 2.24) is 4.90 Å². The summed E-state index contributed by atoms with van der Waals surface area (Å²) in [5.41, 5.74) is 9.62. The monoisotopic (exact) mass is 570 g/mol. The number of carbonyl (C=O) groups excluding carboxylic acids is 3. The van der Waals surface area contributed by atoms with Gasteiger partial charge in [0.25, 0.3) is 5.91 Å². The van der Waals surface area contributed by atoms with Crippen LogP contribution < -0.4 is 21.5 Å². The van der Waals surface area contributed by atoms with E-state index in [1.54, 1.807) is 57.2 Å². The first-order valence-electron chi connectivity index (χ1n) is 13.8. The van der Waals surface area contributed by atoms with E-state index < -0.39 is 17.7 Å². The van der Waals surface area contributed by atoms with Crippen molar-refractivity contribution >= 4 is 35.2 Å². The average molecular weight is 571 g/mol. The molecule has 220 valence electrons. The summed E-state index contributed by atoms with van der Waals surface area (Å²) in [5.74, 6) is -1.46. The van der Waals surface area contributed by atoms with Gasteiger partial charge in [0.05, 0.1) is 0 Å². The fraction of sp³-hybridized carbons (Fsp3) is 0.312. The first-order valence-corrected chi connectivity index (χ1v) is 13.8. The number of amides is 2. The van der Waals surface area contributed by atoms with Crippen LogP contribution in [0.15, 0.2) is 77.8 Å². The summed E-state index contributed by atoms with van der Waals surface area (Å²) in [7, 11) is 0. The third kappa shape index (κ3) is 8.90. The maximum atomic E-state index is 13.1. The molecule has 1 aliphatic heterocycles. The fourth-order valence-electron chi connectivity index (χ4n) is 4.67. The van der Waals surface area contributed by atoms with Gasteiger partial charge in [-0.05, 0) is 74.7 Å². The second kappa shape index (κ2) is 13.3. The summed E-state index contributed by atoms with van der Waals surface area (Å²) in [6, 6.07) is 21.8. The van der Waals surface area contributed by atoms with E-state index in [2.05, 4.69) is 32.7 Å². The molecule has 10 nitrogen and oxygen atoms in total. The number of nitrogens with one attached hydrogen (secondary N) is 2. The molecule has 0 aromatic heterocycles. The maximum Gasteiger partial charge on any atom is 0.436 e. The zero-order chi connectivity index (χ0) is 30.3. The number of rotatable bonds is 8. The lowest BCUT2D eigenvalue weighted by Gasteiger charge is -2.25. The number of fused-ring (bicyclic) bond motifs is 1. The molecule has 10 heteroatoms. The molecule has 3 aromatic carbocycles. The zero-order valence-electron chi connectivity index (χ0n) is 24.1. The topological polar surface area (TPSA) is 149 Å². The Morgan fingerprint density at radius 1 is 1.05 bits per heavy atom. The molecule has 0 spiro atoms. The quantitative estimate of drug-likeness (QED) is 0.275.